The van der Waals surface area contributed by atoms with E-state index in [-0.39, 0.29) is 29.3 Å². The van der Waals surface area contributed by atoms with E-state index in [9.17, 15) is 14.4 Å². The van der Waals surface area contributed by atoms with Crippen LogP contribution in [0, 0.1) is 6.92 Å². The molecule has 1 atom stereocenters. The van der Waals surface area contributed by atoms with Gasteiger partial charge in [-0.1, -0.05) is 28.9 Å². The summed E-state index contributed by atoms with van der Waals surface area (Å²) in [6, 6.07) is 8.17. The summed E-state index contributed by atoms with van der Waals surface area (Å²) in [6.07, 6.45) is 0. The summed E-state index contributed by atoms with van der Waals surface area (Å²) in [5.41, 5.74) is 0.796. The third-order valence-corrected chi connectivity index (χ3v) is 6.17. The van der Waals surface area contributed by atoms with Crippen LogP contribution in [0.1, 0.15) is 17.4 Å². The zero-order chi connectivity index (χ0) is 23.1. The lowest BCUT2D eigenvalue weighted by atomic mass is 10.0. The van der Waals surface area contributed by atoms with Crippen molar-refractivity contribution < 1.29 is 23.6 Å². The van der Waals surface area contributed by atoms with E-state index in [0.29, 0.717) is 42.8 Å². The van der Waals surface area contributed by atoms with Crippen LogP contribution < -0.4 is 5.32 Å². The molecule has 9 nitrogen and oxygen atoms in total. The number of benzene rings is 1. The number of aryl methyl sites for hydroxylation is 1. The van der Waals surface area contributed by atoms with Gasteiger partial charge in [0, 0.05) is 37.3 Å². The van der Waals surface area contributed by atoms with Gasteiger partial charge in [-0.2, -0.15) is 0 Å². The molecule has 2 heterocycles. The fourth-order valence-corrected chi connectivity index (χ4v) is 4.25. The van der Waals surface area contributed by atoms with Crippen LogP contribution in [0.5, 0.6) is 0 Å². The summed E-state index contributed by atoms with van der Waals surface area (Å²) in [6.45, 7) is 3.78. The highest BCUT2D eigenvalue weighted by Crippen LogP contribution is 2.25. The molecular weight excluding hydrogens is 456 g/mol. The lowest BCUT2D eigenvalue weighted by molar-refractivity contribution is -0.148. The predicted octanol–water partition coefficient (Wildman–Crippen LogP) is 2.37. The molecular formula is C21H25ClN4O5S. The molecule has 1 aromatic carbocycles. The van der Waals surface area contributed by atoms with E-state index in [1.807, 2.05) is 17.0 Å². The number of anilines is 1. The zero-order valence-corrected chi connectivity index (χ0v) is 19.4. The fourth-order valence-electron chi connectivity index (χ4n) is 3.41. The number of amides is 2. The Hall–Kier alpha value is -2.56. The lowest BCUT2D eigenvalue weighted by Crippen LogP contribution is -2.51. The topological polar surface area (TPSA) is 105 Å². The first-order valence-electron chi connectivity index (χ1n) is 10.0. The minimum absolute atomic E-state index is 0.0409. The maximum atomic E-state index is 12.5. The maximum absolute atomic E-state index is 12.5. The van der Waals surface area contributed by atoms with Crippen molar-refractivity contribution in [2.75, 3.05) is 50.1 Å². The van der Waals surface area contributed by atoms with Gasteiger partial charge in [0.1, 0.15) is 11.8 Å². The Morgan fingerprint density at radius 2 is 1.88 bits per heavy atom. The molecule has 0 bridgehead atoms. The van der Waals surface area contributed by atoms with Crippen molar-refractivity contribution in [3.63, 3.8) is 0 Å². The van der Waals surface area contributed by atoms with Gasteiger partial charge in [-0.25, -0.2) is 4.79 Å². The number of nitrogens with zero attached hydrogens (tertiary/aromatic N) is 3. The quantitative estimate of drug-likeness (QED) is 0.574. The molecule has 1 N–H and O–H groups in total. The molecule has 3 rings (SSSR count). The van der Waals surface area contributed by atoms with E-state index in [1.54, 1.807) is 30.0 Å². The maximum Gasteiger partial charge on any atom is 0.327 e. The zero-order valence-electron chi connectivity index (χ0n) is 17.9. The van der Waals surface area contributed by atoms with Gasteiger partial charge in [-0.05, 0) is 24.6 Å². The number of halogens is 1. The number of esters is 1. The van der Waals surface area contributed by atoms with E-state index >= 15 is 0 Å². The second-order valence-corrected chi connectivity index (χ2v) is 8.68. The molecule has 1 saturated heterocycles. The van der Waals surface area contributed by atoms with Crippen molar-refractivity contribution in [3.8, 4) is 0 Å². The van der Waals surface area contributed by atoms with Crippen molar-refractivity contribution in [2.24, 2.45) is 0 Å². The van der Waals surface area contributed by atoms with Crippen molar-refractivity contribution in [2.45, 2.75) is 13.0 Å². The van der Waals surface area contributed by atoms with Gasteiger partial charge < -0.3 is 19.5 Å². The van der Waals surface area contributed by atoms with Gasteiger partial charge in [-0.15, -0.1) is 11.8 Å². The third-order valence-electron chi connectivity index (χ3n) is 5.00. The Kier molecular flexibility index (Phi) is 8.54. The molecule has 172 valence electrons. The molecule has 0 aliphatic carbocycles. The summed E-state index contributed by atoms with van der Waals surface area (Å²) in [5.74, 6) is 0.660. The first kappa shape index (κ1) is 24.1. The minimum atomic E-state index is -0.548. The number of methoxy groups -OCH3 is 1. The van der Waals surface area contributed by atoms with E-state index < -0.39 is 6.04 Å². The Morgan fingerprint density at radius 3 is 2.47 bits per heavy atom. The number of nitrogens with one attached hydrogen (secondary N) is 1. The van der Waals surface area contributed by atoms with Crippen molar-refractivity contribution >= 4 is 47.0 Å². The molecule has 1 aromatic heterocycles. The molecule has 0 radical (unpaired) electrons. The van der Waals surface area contributed by atoms with Crippen molar-refractivity contribution in [1.82, 2.24) is 15.0 Å². The monoisotopic (exact) mass is 480 g/mol. The van der Waals surface area contributed by atoms with Gasteiger partial charge in [0.2, 0.25) is 11.8 Å². The number of rotatable bonds is 8. The number of hydrogen-bond donors (Lipinski definition) is 1. The summed E-state index contributed by atoms with van der Waals surface area (Å²) in [5, 5.41) is 6.92. The van der Waals surface area contributed by atoms with Gasteiger partial charge >= 0.3 is 5.97 Å². The van der Waals surface area contributed by atoms with Crippen LogP contribution in [0.15, 0.2) is 34.9 Å². The summed E-state index contributed by atoms with van der Waals surface area (Å²) < 4.78 is 9.90. The van der Waals surface area contributed by atoms with Crippen molar-refractivity contribution in [1.29, 1.82) is 0 Å². The lowest BCUT2D eigenvalue weighted by Gasteiger charge is -2.38. The second kappa shape index (κ2) is 11.3. The normalized spacial score (nSPS) is 15.3. The fraction of sp³-hybridized carbons (Fsp3) is 0.429. The SMILES string of the molecule is COC(=O)C(c1ccc(Cl)cc1)N1CCN(C(=O)CSCC(=O)Nc2cc(C)on2)CC1. The predicted molar refractivity (Wildman–Crippen MR) is 122 cm³/mol. The average molecular weight is 481 g/mol. The smallest absolute Gasteiger partial charge is 0.327 e. The molecule has 1 aliphatic rings. The number of ether oxygens (including phenoxy) is 1. The largest absolute Gasteiger partial charge is 0.468 e. The highest BCUT2D eigenvalue weighted by Gasteiger charge is 2.32. The van der Waals surface area contributed by atoms with Gasteiger partial charge in [0.05, 0.1) is 18.6 Å². The Balaban J connectivity index is 1.46. The van der Waals surface area contributed by atoms with Crippen LogP contribution in [0.4, 0.5) is 5.82 Å². The Labute approximate surface area is 195 Å². The number of aromatic nitrogens is 1. The van der Waals surface area contributed by atoms with Gasteiger partial charge in [0.25, 0.3) is 0 Å². The molecule has 1 fully saturated rings. The first-order chi connectivity index (χ1) is 15.4. The van der Waals surface area contributed by atoms with E-state index in [4.69, 9.17) is 20.9 Å². The number of thioether (sulfide) groups is 1. The van der Waals surface area contributed by atoms with Crippen LogP contribution in [-0.2, 0) is 19.1 Å². The molecule has 32 heavy (non-hydrogen) atoms. The summed E-state index contributed by atoms with van der Waals surface area (Å²) in [4.78, 5) is 40.7. The third kappa shape index (κ3) is 6.47. The molecule has 0 saturated carbocycles. The molecule has 1 aliphatic heterocycles. The van der Waals surface area contributed by atoms with E-state index in [1.165, 1.54) is 18.9 Å². The molecule has 1 unspecified atom stereocenters. The van der Waals surface area contributed by atoms with E-state index in [2.05, 4.69) is 10.5 Å². The first-order valence-corrected chi connectivity index (χ1v) is 11.6. The van der Waals surface area contributed by atoms with Gasteiger partial charge in [-0.3, -0.25) is 14.5 Å². The number of piperazine rings is 1. The average Bonchev–Trinajstić information content (AvgIpc) is 3.19. The highest BCUT2D eigenvalue weighted by molar-refractivity contribution is 8.00. The Bertz CT molecular complexity index is 944. The minimum Gasteiger partial charge on any atom is -0.468 e. The van der Waals surface area contributed by atoms with Gasteiger partial charge in [0.15, 0.2) is 5.82 Å². The van der Waals surface area contributed by atoms with Crippen molar-refractivity contribution in [3.05, 3.63) is 46.7 Å². The van der Waals surface area contributed by atoms with Crippen LogP contribution >= 0.6 is 23.4 Å². The number of carbonyl (C=O) groups excluding carboxylic acids is 3. The highest BCUT2D eigenvalue weighted by atomic mass is 35.5. The molecule has 0 spiro atoms. The molecule has 11 heteroatoms. The summed E-state index contributed by atoms with van der Waals surface area (Å²) >= 11 is 7.21. The Morgan fingerprint density at radius 1 is 1.19 bits per heavy atom. The van der Waals surface area contributed by atoms with Crippen LogP contribution in [0.25, 0.3) is 0 Å². The molecule has 2 amide bonds. The summed E-state index contributed by atoms with van der Waals surface area (Å²) in [7, 11) is 1.36. The number of carbonyl (C=O) groups is 3. The number of hydrogen-bond acceptors (Lipinski definition) is 8. The second-order valence-electron chi connectivity index (χ2n) is 7.26. The van der Waals surface area contributed by atoms with E-state index in [0.717, 1.165) is 5.56 Å². The molecule has 2 aromatic rings. The van der Waals surface area contributed by atoms with Crippen LogP contribution in [0.3, 0.4) is 0 Å². The van der Waals surface area contributed by atoms with Crippen LogP contribution in [-0.4, -0.2) is 77.5 Å². The standard InChI is InChI=1S/C21H25ClN4O5S/c1-14-11-17(24-31-14)23-18(27)12-32-13-19(28)25-7-9-26(10-8-25)20(21(29)30-2)15-3-5-16(22)6-4-15/h3-6,11,20H,7-10,12-13H2,1-2H3,(H,23,24,27). The van der Waals surface area contributed by atoms with Crippen LogP contribution in [0.2, 0.25) is 5.02 Å².